The van der Waals surface area contributed by atoms with E-state index in [-0.39, 0.29) is 5.91 Å². The Morgan fingerprint density at radius 1 is 1.17 bits per heavy atom. The SMILES string of the molecule is O=C(Cc1ccc2ncccc2c1)N1CCC(C2CCNC2)CC1. The highest BCUT2D eigenvalue weighted by Gasteiger charge is 2.29. The van der Waals surface area contributed by atoms with E-state index in [1.54, 1.807) is 6.20 Å². The van der Waals surface area contributed by atoms with E-state index in [4.69, 9.17) is 0 Å². The van der Waals surface area contributed by atoms with Crippen molar-refractivity contribution in [2.45, 2.75) is 25.7 Å². The van der Waals surface area contributed by atoms with E-state index in [9.17, 15) is 4.79 Å². The monoisotopic (exact) mass is 323 g/mol. The summed E-state index contributed by atoms with van der Waals surface area (Å²) in [5.41, 5.74) is 2.07. The lowest BCUT2D eigenvalue weighted by Gasteiger charge is -2.34. The summed E-state index contributed by atoms with van der Waals surface area (Å²) in [7, 11) is 0. The highest BCUT2D eigenvalue weighted by molar-refractivity contribution is 5.83. The molecule has 0 saturated carbocycles. The number of pyridine rings is 1. The molecule has 4 rings (SSSR count). The van der Waals surface area contributed by atoms with Crippen molar-refractivity contribution >= 4 is 16.8 Å². The first-order valence-electron chi connectivity index (χ1n) is 9.12. The standard InChI is InChI=1S/C20H25N3O/c24-20(13-15-3-4-19-17(12-15)2-1-8-22-19)23-10-6-16(7-11-23)18-5-9-21-14-18/h1-4,8,12,16,18,21H,5-7,9-11,13-14H2. The maximum atomic E-state index is 12.6. The molecule has 3 heterocycles. The van der Waals surface area contributed by atoms with Crippen LogP contribution in [0.3, 0.4) is 0 Å². The molecule has 0 bridgehead atoms. The zero-order valence-corrected chi connectivity index (χ0v) is 14.1. The molecule has 1 unspecified atom stereocenters. The van der Waals surface area contributed by atoms with Crippen molar-refractivity contribution in [3.8, 4) is 0 Å². The molecule has 2 aromatic rings. The molecule has 4 nitrogen and oxygen atoms in total. The minimum absolute atomic E-state index is 0.265. The molecular formula is C20H25N3O. The van der Waals surface area contributed by atoms with E-state index in [0.29, 0.717) is 6.42 Å². The van der Waals surface area contributed by atoms with E-state index >= 15 is 0 Å². The third-order valence-electron chi connectivity index (χ3n) is 5.68. The zero-order valence-electron chi connectivity index (χ0n) is 14.1. The molecule has 0 spiro atoms. The molecule has 2 fully saturated rings. The van der Waals surface area contributed by atoms with Gasteiger partial charge in [-0.05, 0) is 68.0 Å². The zero-order chi connectivity index (χ0) is 16.4. The number of rotatable bonds is 3. The van der Waals surface area contributed by atoms with Crippen molar-refractivity contribution < 1.29 is 4.79 Å². The van der Waals surface area contributed by atoms with Gasteiger partial charge in [-0.1, -0.05) is 12.1 Å². The largest absolute Gasteiger partial charge is 0.342 e. The lowest BCUT2D eigenvalue weighted by atomic mass is 9.83. The van der Waals surface area contributed by atoms with E-state index in [1.807, 2.05) is 18.2 Å². The number of nitrogens with zero attached hydrogens (tertiary/aromatic N) is 2. The van der Waals surface area contributed by atoms with Gasteiger partial charge in [0.15, 0.2) is 0 Å². The fourth-order valence-electron chi connectivity index (χ4n) is 4.22. The Kier molecular flexibility index (Phi) is 4.48. The predicted octanol–water partition coefficient (Wildman–Crippen LogP) is 2.63. The first-order valence-corrected chi connectivity index (χ1v) is 9.12. The van der Waals surface area contributed by atoms with Crippen LogP contribution >= 0.6 is 0 Å². The van der Waals surface area contributed by atoms with Crippen LogP contribution in [0.15, 0.2) is 36.5 Å². The molecule has 2 aliphatic rings. The summed E-state index contributed by atoms with van der Waals surface area (Å²) < 4.78 is 0. The van der Waals surface area contributed by atoms with Crippen LogP contribution in [0.5, 0.6) is 0 Å². The van der Waals surface area contributed by atoms with Gasteiger partial charge < -0.3 is 10.2 Å². The Morgan fingerprint density at radius 3 is 2.83 bits per heavy atom. The van der Waals surface area contributed by atoms with Gasteiger partial charge >= 0.3 is 0 Å². The molecule has 2 aliphatic heterocycles. The Labute approximate surface area is 143 Å². The lowest BCUT2D eigenvalue weighted by molar-refractivity contribution is -0.132. The summed E-state index contributed by atoms with van der Waals surface area (Å²) in [6.07, 6.45) is 5.95. The average Bonchev–Trinajstić information content (AvgIpc) is 3.16. The fraction of sp³-hybridized carbons (Fsp3) is 0.500. The molecule has 4 heteroatoms. The van der Waals surface area contributed by atoms with Crippen molar-refractivity contribution in [1.29, 1.82) is 0 Å². The summed E-state index contributed by atoms with van der Waals surface area (Å²) in [6.45, 7) is 4.19. The number of likely N-dealkylation sites (tertiary alicyclic amines) is 1. The van der Waals surface area contributed by atoms with E-state index in [1.165, 1.54) is 32.4 Å². The number of carbonyl (C=O) groups excluding carboxylic acids is 1. The number of amides is 1. The smallest absolute Gasteiger partial charge is 0.226 e. The summed E-state index contributed by atoms with van der Waals surface area (Å²) in [5, 5.41) is 4.57. The van der Waals surface area contributed by atoms with Gasteiger partial charge in [0, 0.05) is 24.7 Å². The maximum Gasteiger partial charge on any atom is 0.226 e. The second-order valence-electron chi connectivity index (χ2n) is 7.18. The van der Waals surface area contributed by atoms with E-state index in [2.05, 4.69) is 27.3 Å². The van der Waals surface area contributed by atoms with E-state index in [0.717, 1.165) is 41.4 Å². The second kappa shape index (κ2) is 6.89. The molecule has 126 valence electrons. The first kappa shape index (κ1) is 15.6. The van der Waals surface area contributed by atoms with Gasteiger partial charge in [0.05, 0.1) is 11.9 Å². The van der Waals surface area contributed by atoms with Crippen LogP contribution in [-0.2, 0) is 11.2 Å². The predicted molar refractivity (Wildman–Crippen MR) is 95.7 cm³/mol. The van der Waals surface area contributed by atoms with Gasteiger partial charge in [-0.2, -0.15) is 0 Å². The first-order chi connectivity index (χ1) is 11.8. The molecule has 1 atom stereocenters. The lowest BCUT2D eigenvalue weighted by Crippen LogP contribution is -2.41. The molecule has 1 amide bonds. The second-order valence-corrected chi connectivity index (χ2v) is 7.18. The molecule has 1 aromatic carbocycles. The molecule has 1 N–H and O–H groups in total. The summed E-state index contributed by atoms with van der Waals surface area (Å²) in [5.74, 6) is 1.90. The van der Waals surface area contributed by atoms with Gasteiger partial charge in [-0.25, -0.2) is 0 Å². The molecule has 1 aromatic heterocycles. The third kappa shape index (κ3) is 3.29. The normalized spacial score (nSPS) is 22.2. The van der Waals surface area contributed by atoms with Gasteiger partial charge in [0.1, 0.15) is 0 Å². The topological polar surface area (TPSA) is 45.2 Å². The Morgan fingerprint density at radius 2 is 2.04 bits per heavy atom. The minimum atomic E-state index is 0.265. The summed E-state index contributed by atoms with van der Waals surface area (Å²) >= 11 is 0. The Balaban J connectivity index is 1.35. The number of fused-ring (bicyclic) bond motifs is 1. The Hall–Kier alpha value is -1.94. The van der Waals surface area contributed by atoms with Crippen LogP contribution in [0.1, 0.15) is 24.8 Å². The molecular weight excluding hydrogens is 298 g/mol. The summed E-state index contributed by atoms with van der Waals surface area (Å²) in [4.78, 5) is 19.0. The molecule has 0 radical (unpaired) electrons. The van der Waals surface area contributed by atoms with Crippen molar-refractivity contribution in [3.63, 3.8) is 0 Å². The van der Waals surface area contributed by atoms with Crippen LogP contribution in [0.25, 0.3) is 10.9 Å². The maximum absolute atomic E-state index is 12.6. The molecule has 0 aliphatic carbocycles. The summed E-state index contributed by atoms with van der Waals surface area (Å²) in [6, 6.07) is 10.1. The number of benzene rings is 1. The highest BCUT2D eigenvalue weighted by Crippen LogP contribution is 2.29. The number of piperidine rings is 1. The van der Waals surface area contributed by atoms with Gasteiger partial charge in [-0.15, -0.1) is 0 Å². The number of nitrogens with one attached hydrogen (secondary N) is 1. The number of carbonyl (C=O) groups is 1. The van der Waals surface area contributed by atoms with Crippen LogP contribution < -0.4 is 5.32 Å². The highest BCUT2D eigenvalue weighted by atomic mass is 16.2. The third-order valence-corrected chi connectivity index (χ3v) is 5.68. The number of hydrogen-bond donors (Lipinski definition) is 1. The average molecular weight is 323 g/mol. The van der Waals surface area contributed by atoms with Gasteiger partial charge in [0.25, 0.3) is 0 Å². The van der Waals surface area contributed by atoms with Crippen molar-refractivity contribution in [2.24, 2.45) is 11.8 Å². The van der Waals surface area contributed by atoms with Crippen molar-refractivity contribution in [2.75, 3.05) is 26.2 Å². The number of aromatic nitrogens is 1. The van der Waals surface area contributed by atoms with Crippen LogP contribution in [0.4, 0.5) is 0 Å². The quantitative estimate of drug-likeness (QED) is 0.944. The molecule has 24 heavy (non-hydrogen) atoms. The molecule has 2 saturated heterocycles. The van der Waals surface area contributed by atoms with Crippen LogP contribution in [0.2, 0.25) is 0 Å². The van der Waals surface area contributed by atoms with Crippen molar-refractivity contribution in [3.05, 3.63) is 42.1 Å². The van der Waals surface area contributed by atoms with E-state index < -0.39 is 0 Å². The van der Waals surface area contributed by atoms with Gasteiger partial charge in [0.2, 0.25) is 5.91 Å². The van der Waals surface area contributed by atoms with Crippen LogP contribution in [0, 0.1) is 11.8 Å². The van der Waals surface area contributed by atoms with Crippen molar-refractivity contribution in [1.82, 2.24) is 15.2 Å². The fourth-order valence-corrected chi connectivity index (χ4v) is 4.22. The minimum Gasteiger partial charge on any atom is -0.342 e. The number of hydrogen-bond acceptors (Lipinski definition) is 3. The van der Waals surface area contributed by atoms with Gasteiger partial charge in [-0.3, -0.25) is 9.78 Å². The van der Waals surface area contributed by atoms with Crippen LogP contribution in [-0.4, -0.2) is 42.0 Å². The Bertz CT molecular complexity index is 716.